The van der Waals surface area contributed by atoms with Crippen molar-refractivity contribution in [3.05, 3.63) is 164 Å². The molecule has 0 unspecified atom stereocenters. The van der Waals surface area contributed by atoms with Crippen LogP contribution in [0, 0.1) is 13.8 Å². The summed E-state index contributed by atoms with van der Waals surface area (Å²) >= 11 is 2.16. The van der Waals surface area contributed by atoms with Crippen LogP contribution >= 0.6 is 22.7 Å². The quantitative estimate of drug-likeness (QED) is 0.124. The molecule has 3 aliphatic rings. The highest BCUT2D eigenvalue weighted by molar-refractivity contribution is 7.19. The minimum Gasteiger partial charge on any atom is -0.456 e. The molecule has 1 N–H and O–H groups in total. The molecule has 1 amide bonds. The number of anilines is 2. The summed E-state index contributed by atoms with van der Waals surface area (Å²) in [6.07, 6.45) is 0. The van der Waals surface area contributed by atoms with Crippen LogP contribution in [0.25, 0.3) is 31.7 Å². The molecule has 1 aliphatic carbocycles. The predicted octanol–water partition coefficient (Wildman–Crippen LogP) is 14.3. The molecule has 5 aromatic carbocycles. The van der Waals surface area contributed by atoms with Crippen LogP contribution in [0.3, 0.4) is 0 Å². The minimum absolute atomic E-state index is 0.192. The van der Waals surface area contributed by atoms with Crippen molar-refractivity contribution in [1.29, 1.82) is 0 Å². The van der Waals surface area contributed by atoms with Gasteiger partial charge in [-0.3, -0.25) is 9.80 Å². The fourth-order valence-corrected chi connectivity index (χ4v) is 12.5. The molecular formula is C54H48F6N4O2S2. The van der Waals surface area contributed by atoms with Crippen molar-refractivity contribution >= 4 is 61.2 Å². The highest BCUT2D eigenvalue weighted by atomic mass is 32.1. The van der Waals surface area contributed by atoms with Crippen molar-refractivity contribution in [3.8, 4) is 21.9 Å². The van der Waals surface area contributed by atoms with Gasteiger partial charge in [-0.15, -0.1) is 22.7 Å². The summed E-state index contributed by atoms with van der Waals surface area (Å²) in [6, 6.07) is 34.9. The van der Waals surface area contributed by atoms with E-state index in [9.17, 15) is 4.79 Å². The van der Waals surface area contributed by atoms with Crippen LogP contribution in [0.1, 0.15) is 81.2 Å². The first-order valence-electron chi connectivity index (χ1n) is 22.8. The number of hydrogen-bond donors (Lipinski definition) is 1. The Hall–Kier alpha value is -6.09. The lowest BCUT2D eigenvalue weighted by molar-refractivity contribution is -0.254. The zero-order valence-electron chi connectivity index (χ0n) is 38.2. The first-order valence-corrected chi connectivity index (χ1v) is 24.4. The van der Waals surface area contributed by atoms with Gasteiger partial charge in [0.2, 0.25) is 0 Å². The van der Waals surface area contributed by atoms with Crippen LogP contribution in [0.15, 0.2) is 115 Å². The largest absolute Gasteiger partial charge is 0.456 e. The molecule has 14 heteroatoms. The highest BCUT2D eigenvalue weighted by Gasteiger charge is 2.80. The zero-order valence-corrected chi connectivity index (χ0v) is 39.9. The maximum atomic E-state index is 16.0. The van der Waals surface area contributed by atoms with Gasteiger partial charge in [0.15, 0.2) is 0 Å². The monoisotopic (exact) mass is 962 g/mol. The maximum absolute atomic E-state index is 16.0. The Balaban J connectivity index is 1.02. The number of amides is 1. The number of rotatable bonds is 12. The third kappa shape index (κ3) is 6.50. The number of allylic oxidation sites excluding steroid dienone is 2. The lowest BCUT2D eigenvalue weighted by Crippen LogP contribution is -2.53. The van der Waals surface area contributed by atoms with E-state index in [4.69, 9.17) is 4.74 Å². The number of fused-ring (bicyclic) bond motifs is 7. The van der Waals surface area contributed by atoms with Gasteiger partial charge in [-0.2, -0.15) is 26.3 Å². The third-order valence-corrected chi connectivity index (χ3v) is 16.0. The second-order valence-electron chi connectivity index (χ2n) is 17.3. The molecule has 0 saturated heterocycles. The van der Waals surface area contributed by atoms with Crippen molar-refractivity contribution in [2.24, 2.45) is 0 Å². The number of hydrogen-bond acceptors (Lipinski definition) is 7. The van der Waals surface area contributed by atoms with E-state index in [2.05, 4.69) is 55.1 Å². The molecule has 10 rings (SSSR count). The number of alkyl halides is 6. The molecule has 0 radical (unpaired) electrons. The van der Waals surface area contributed by atoms with Crippen molar-refractivity contribution in [2.75, 3.05) is 36.0 Å². The molecule has 6 nitrogen and oxygen atoms in total. The molecule has 1 spiro atoms. The van der Waals surface area contributed by atoms with Gasteiger partial charge in [-0.1, -0.05) is 72.8 Å². The average molecular weight is 963 g/mol. The SMILES string of the molecule is CCN(CC)c1ccc2c(c1)Oc1cc(N(CC)CC)ccc1C21c2ccccc2C(=O)N1NCc1ccc(-c2cc(C3=C(c4c(C)sc5ccccc45)C(F)(F)C(F)(F)C3(F)F)c(C)s2)cc1. The second-order valence-corrected chi connectivity index (χ2v) is 19.8. The Morgan fingerprint density at radius 2 is 1.19 bits per heavy atom. The molecule has 0 atom stereocenters. The van der Waals surface area contributed by atoms with Crippen molar-refractivity contribution in [2.45, 2.75) is 71.4 Å². The van der Waals surface area contributed by atoms with Crippen LogP contribution in [-0.2, 0) is 12.1 Å². The number of halogens is 6. The number of carbonyl (C=O) groups is 1. The second kappa shape index (κ2) is 16.6. The third-order valence-electron chi connectivity index (χ3n) is 13.8. The molecular weight excluding hydrogens is 915 g/mol. The summed E-state index contributed by atoms with van der Waals surface area (Å²) in [5.74, 6) is -15.0. The molecule has 0 bridgehead atoms. The molecule has 0 fully saturated rings. The Kier molecular flexibility index (Phi) is 11.1. The van der Waals surface area contributed by atoms with E-state index >= 15 is 26.3 Å². The predicted molar refractivity (Wildman–Crippen MR) is 262 cm³/mol. The summed E-state index contributed by atoms with van der Waals surface area (Å²) in [5, 5.41) is 1.92. The maximum Gasteiger partial charge on any atom is 0.380 e. The first kappa shape index (κ1) is 45.7. The lowest BCUT2D eigenvalue weighted by Gasteiger charge is -2.44. The van der Waals surface area contributed by atoms with Crippen molar-refractivity contribution < 1.29 is 35.9 Å². The summed E-state index contributed by atoms with van der Waals surface area (Å²) in [7, 11) is 0. The lowest BCUT2D eigenvalue weighted by atomic mass is 9.75. The van der Waals surface area contributed by atoms with Gasteiger partial charge < -0.3 is 14.5 Å². The smallest absolute Gasteiger partial charge is 0.380 e. The molecule has 2 aromatic heterocycles. The number of benzene rings is 5. The Morgan fingerprint density at radius 1 is 0.618 bits per heavy atom. The fraction of sp³-hybridized carbons (Fsp3) is 0.278. The van der Waals surface area contributed by atoms with Crippen LogP contribution in [0.4, 0.5) is 37.7 Å². The van der Waals surface area contributed by atoms with E-state index in [0.717, 1.165) is 82.5 Å². The summed E-state index contributed by atoms with van der Waals surface area (Å²) in [4.78, 5) is 20.2. The normalized spacial score (nSPS) is 17.1. The first-order chi connectivity index (χ1) is 32.5. The van der Waals surface area contributed by atoms with Gasteiger partial charge >= 0.3 is 17.8 Å². The molecule has 2 aliphatic heterocycles. The molecule has 350 valence electrons. The van der Waals surface area contributed by atoms with Gasteiger partial charge in [0, 0.05) is 120 Å². The van der Waals surface area contributed by atoms with Crippen molar-refractivity contribution in [3.63, 3.8) is 0 Å². The molecule has 7 aromatic rings. The number of aryl methyl sites for hydroxylation is 2. The van der Waals surface area contributed by atoms with Crippen molar-refractivity contribution in [1.82, 2.24) is 10.4 Å². The topological polar surface area (TPSA) is 48.1 Å². The van der Waals surface area contributed by atoms with Crippen LogP contribution in [0.5, 0.6) is 11.5 Å². The van der Waals surface area contributed by atoms with Gasteiger partial charge in [0.1, 0.15) is 17.0 Å². The van der Waals surface area contributed by atoms with Crippen LogP contribution in [0.2, 0.25) is 0 Å². The van der Waals surface area contributed by atoms with Crippen LogP contribution in [-0.4, -0.2) is 54.9 Å². The molecule has 4 heterocycles. The van der Waals surface area contributed by atoms with Gasteiger partial charge in [-0.05, 0) is 88.6 Å². The van der Waals surface area contributed by atoms with Gasteiger partial charge in [0.05, 0.1) is 0 Å². The Bertz CT molecular complexity index is 3110. The Morgan fingerprint density at radius 3 is 1.81 bits per heavy atom. The number of thiophene rings is 2. The van der Waals surface area contributed by atoms with E-state index in [-0.39, 0.29) is 38.7 Å². The number of hydrazine groups is 1. The molecule has 68 heavy (non-hydrogen) atoms. The number of nitrogens with zero attached hydrogens (tertiary/aromatic N) is 3. The number of ether oxygens (including phenoxy) is 1. The average Bonchev–Trinajstić information content (AvgIpc) is 3.98. The van der Waals surface area contributed by atoms with Gasteiger partial charge in [-0.25, -0.2) is 5.43 Å². The van der Waals surface area contributed by atoms with Gasteiger partial charge in [0.25, 0.3) is 5.91 Å². The van der Waals surface area contributed by atoms with E-state index < -0.39 is 34.5 Å². The number of nitrogens with one attached hydrogen (secondary N) is 1. The minimum atomic E-state index is -5.67. The number of carbonyl (C=O) groups excluding carboxylic acids is 1. The molecule has 0 saturated carbocycles. The van der Waals surface area contributed by atoms with E-state index in [1.807, 2.05) is 60.7 Å². The van der Waals surface area contributed by atoms with E-state index in [0.29, 0.717) is 32.2 Å². The van der Waals surface area contributed by atoms with E-state index in [1.54, 1.807) is 35.3 Å². The standard InChI is InChI=1S/C54H48F6N4O2S2/c1-7-62(8-2)35-23-25-41-43(27-35)66-44-28-36(63(9-3)10-4)24-26-42(44)51(41)40-17-13-11-15-37(40)50(65)64(51)61-30-33-19-21-34(22-20-33)46-29-39(31(5)67-46)48-49(53(57,58)54(59,60)52(48,55)56)47-32(6)68-45-18-14-12-16-38(45)47/h11-29,61H,7-10,30H2,1-6H3. The summed E-state index contributed by atoms with van der Waals surface area (Å²) in [6.45, 7) is 14.8. The highest BCUT2D eigenvalue weighted by Crippen LogP contribution is 2.67. The van der Waals surface area contributed by atoms with E-state index in [1.165, 1.54) is 26.0 Å². The summed E-state index contributed by atoms with van der Waals surface area (Å²) in [5.41, 5.74) is 5.33. The van der Waals surface area contributed by atoms with Crippen LogP contribution < -0.4 is 20.0 Å². The zero-order chi connectivity index (χ0) is 48.1. The summed E-state index contributed by atoms with van der Waals surface area (Å²) < 4.78 is 102. The fourth-order valence-electron chi connectivity index (χ4n) is 10.4. The Labute approximate surface area is 399 Å².